The number of unbranched alkanes of at least 4 members (excludes halogenated alkanes) is 1. The van der Waals surface area contributed by atoms with E-state index in [4.69, 9.17) is 4.74 Å². The van der Waals surface area contributed by atoms with Crippen LogP contribution in [-0.2, 0) is 14.3 Å². The Labute approximate surface area is 113 Å². The van der Waals surface area contributed by atoms with E-state index >= 15 is 0 Å². The molecule has 2 unspecified atom stereocenters. The van der Waals surface area contributed by atoms with Gasteiger partial charge in [0, 0.05) is 0 Å². The molecule has 0 radical (unpaired) electrons. The number of esters is 1. The van der Waals surface area contributed by atoms with E-state index in [1.54, 1.807) is 0 Å². The molecule has 0 aromatic heterocycles. The molecule has 0 spiro atoms. The summed E-state index contributed by atoms with van der Waals surface area (Å²) in [5.74, 6) is -1.34. The van der Waals surface area contributed by atoms with Crippen molar-refractivity contribution in [3.8, 4) is 0 Å². The molecule has 0 aromatic carbocycles. The van der Waals surface area contributed by atoms with Crippen molar-refractivity contribution in [1.82, 2.24) is 0 Å². The fraction of sp³-hybridized carbons (Fsp3) is 0.733. The Balaban J connectivity index is 2.25. The molecule has 19 heavy (non-hydrogen) atoms. The Morgan fingerprint density at radius 3 is 2.37 bits per heavy atom. The van der Waals surface area contributed by atoms with Crippen molar-refractivity contribution in [2.45, 2.75) is 46.5 Å². The standard InChI is InChI=1S/C15H22O4/c1-4-5-8-19-14(18)12-10-7-6-9(15(10,2)3)11(12)13(16)17/h9-10H,4-8H2,1-3H3,(H,16,17). The van der Waals surface area contributed by atoms with E-state index in [1.165, 1.54) is 0 Å². The van der Waals surface area contributed by atoms with Gasteiger partial charge in [0.15, 0.2) is 0 Å². The van der Waals surface area contributed by atoms with Gasteiger partial charge in [-0.05, 0) is 36.5 Å². The minimum atomic E-state index is -0.956. The number of ether oxygens (including phenoxy) is 1. The minimum absolute atomic E-state index is 0.0104. The number of carbonyl (C=O) groups excluding carboxylic acids is 1. The molecule has 0 saturated heterocycles. The highest BCUT2D eigenvalue weighted by atomic mass is 16.5. The van der Waals surface area contributed by atoms with E-state index in [0.29, 0.717) is 17.8 Å². The van der Waals surface area contributed by atoms with E-state index in [1.807, 2.05) is 6.92 Å². The first-order valence-electron chi connectivity index (χ1n) is 7.05. The topological polar surface area (TPSA) is 63.6 Å². The Morgan fingerprint density at radius 2 is 1.84 bits per heavy atom. The maximum Gasteiger partial charge on any atom is 0.334 e. The van der Waals surface area contributed by atoms with Gasteiger partial charge < -0.3 is 9.84 Å². The van der Waals surface area contributed by atoms with Gasteiger partial charge in [-0.15, -0.1) is 0 Å². The molecule has 1 fully saturated rings. The van der Waals surface area contributed by atoms with Crippen LogP contribution in [0.4, 0.5) is 0 Å². The van der Waals surface area contributed by atoms with E-state index in [2.05, 4.69) is 13.8 Å². The molecule has 1 N–H and O–H groups in total. The number of fused-ring (bicyclic) bond motifs is 2. The molecular formula is C15H22O4. The maximum atomic E-state index is 12.2. The molecule has 0 heterocycles. The summed E-state index contributed by atoms with van der Waals surface area (Å²) in [5, 5.41) is 9.39. The van der Waals surface area contributed by atoms with Gasteiger partial charge in [-0.1, -0.05) is 27.2 Å². The predicted molar refractivity (Wildman–Crippen MR) is 70.5 cm³/mol. The summed E-state index contributed by atoms with van der Waals surface area (Å²) in [4.78, 5) is 23.6. The number of aliphatic carboxylic acids is 1. The molecule has 4 heteroatoms. The highest BCUT2D eigenvalue weighted by molar-refractivity contribution is 6.02. The van der Waals surface area contributed by atoms with Crippen molar-refractivity contribution in [2.75, 3.05) is 6.61 Å². The molecule has 4 nitrogen and oxygen atoms in total. The van der Waals surface area contributed by atoms with Crippen LogP contribution >= 0.6 is 0 Å². The SMILES string of the molecule is CCCCOC(=O)C1=C(C(=O)O)C2CCC1C2(C)C. The lowest BCUT2D eigenvalue weighted by Crippen LogP contribution is -2.22. The van der Waals surface area contributed by atoms with Crippen LogP contribution in [0.3, 0.4) is 0 Å². The summed E-state index contributed by atoms with van der Waals surface area (Å²) in [6.07, 6.45) is 3.53. The van der Waals surface area contributed by atoms with Gasteiger partial charge in [0.2, 0.25) is 0 Å². The second-order valence-electron chi connectivity index (χ2n) is 6.13. The van der Waals surface area contributed by atoms with Crippen LogP contribution in [0.5, 0.6) is 0 Å². The lowest BCUT2D eigenvalue weighted by Gasteiger charge is -2.25. The van der Waals surface area contributed by atoms with Crippen molar-refractivity contribution < 1.29 is 19.4 Å². The first kappa shape index (κ1) is 14.1. The molecule has 2 aliphatic rings. The molecule has 0 aliphatic heterocycles. The maximum absolute atomic E-state index is 12.2. The second-order valence-corrected chi connectivity index (χ2v) is 6.13. The fourth-order valence-corrected chi connectivity index (χ4v) is 3.63. The minimum Gasteiger partial charge on any atom is -0.478 e. The van der Waals surface area contributed by atoms with Crippen molar-refractivity contribution >= 4 is 11.9 Å². The summed E-state index contributed by atoms with van der Waals surface area (Å²) >= 11 is 0. The fourth-order valence-electron chi connectivity index (χ4n) is 3.63. The molecule has 106 valence electrons. The van der Waals surface area contributed by atoms with Crippen LogP contribution in [0.1, 0.15) is 46.5 Å². The predicted octanol–water partition coefficient (Wildman–Crippen LogP) is 2.78. The lowest BCUT2D eigenvalue weighted by molar-refractivity contribution is -0.141. The van der Waals surface area contributed by atoms with Gasteiger partial charge >= 0.3 is 11.9 Å². The molecule has 2 aliphatic carbocycles. The Morgan fingerprint density at radius 1 is 1.26 bits per heavy atom. The third-order valence-corrected chi connectivity index (χ3v) is 4.71. The van der Waals surface area contributed by atoms with Crippen LogP contribution in [0.2, 0.25) is 0 Å². The number of carboxylic acid groups (broad SMARTS) is 1. The zero-order valence-corrected chi connectivity index (χ0v) is 11.9. The van der Waals surface area contributed by atoms with E-state index in [9.17, 15) is 14.7 Å². The highest BCUT2D eigenvalue weighted by Gasteiger charge is 2.56. The van der Waals surface area contributed by atoms with Crippen LogP contribution in [0, 0.1) is 17.3 Å². The van der Waals surface area contributed by atoms with Crippen molar-refractivity contribution in [3.05, 3.63) is 11.1 Å². The van der Waals surface area contributed by atoms with Crippen LogP contribution in [-0.4, -0.2) is 23.7 Å². The highest BCUT2D eigenvalue weighted by Crippen LogP contribution is 2.60. The van der Waals surface area contributed by atoms with Gasteiger partial charge in [0.05, 0.1) is 17.8 Å². The number of carboxylic acids is 1. The van der Waals surface area contributed by atoms with Gasteiger partial charge in [0.1, 0.15) is 0 Å². The van der Waals surface area contributed by atoms with Gasteiger partial charge in [-0.2, -0.15) is 0 Å². The first-order valence-corrected chi connectivity index (χ1v) is 7.05. The average molecular weight is 266 g/mol. The molecule has 2 rings (SSSR count). The summed E-state index contributed by atoms with van der Waals surface area (Å²) in [7, 11) is 0. The van der Waals surface area contributed by atoms with Crippen molar-refractivity contribution in [3.63, 3.8) is 0 Å². The zero-order valence-electron chi connectivity index (χ0n) is 11.9. The molecule has 0 aromatic rings. The Kier molecular flexibility index (Phi) is 3.70. The van der Waals surface area contributed by atoms with Gasteiger partial charge in [0.25, 0.3) is 0 Å². The zero-order chi connectivity index (χ0) is 14.2. The van der Waals surface area contributed by atoms with Gasteiger partial charge in [-0.3, -0.25) is 0 Å². The number of hydrogen-bond donors (Lipinski definition) is 1. The van der Waals surface area contributed by atoms with Crippen LogP contribution in [0.15, 0.2) is 11.1 Å². The summed E-state index contributed by atoms with van der Waals surface area (Å²) < 4.78 is 5.23. The molecule has 0 amide bonds. The lowest BCUT2D eigenvalue weighted by atomic mass is 9.79. The summed E-state index contributed by atoms with van der Waals surface area (Å²) in [6, 6.07) is 0. The third kappa shape index (κ3) is 2.17. The Hall–Kier alpha value is -1.32. The van der Waals surface area contributed by atoms with Crippen molar-refractivity contribution in [2.24, 2.45) is 17.3 Å². The van der Waals surface area contributed by atoms with Gasteiger partial charge in [-0.25, -0.2) is 9.59 Å². The third-order valence-electron chi connectivity index (χ3n) is 4.71. The monoisotopic (exact) mass is 266 g/mol. The molecule has 1 saturated carbocycles. The summed E-state index contributed by atoms with van der Waals surface area (Å²) in [6.45, 7) is 6.52. The van der Waals surface area contributed by atoms with Crippen LogP contribution < -0.4 is 0 Å². The van der Waals surface area contributed by atoms with E-state index < -0.39 is 11.9 Å². The normalized spacial score (nSPS) is 27.7. The quantitative estimate of drug-likeness (QED) is 0.614. The largest absolute Gasteiger partial charge is 0.478 e. The smallest absolute Gasteiger partial charge is 0.334 e. The molecular weight excluding hydrogens is 244 g/mol. The van der Waals surface area contributed by atoms with E-state index in [-0.39, 0.29) is 17.3 Å². The Bertz CT molecular complexity index is 433. The molecule has 2 atom stereocenters. The second kappa shape index (κ2) is 4.99. The molecule has 2 bridgehead atoms. The number of rotatable bonds is 5. The first-order chi connectivity index (χ1) is 8.91. The average Bonchev–Trinajstić information content (AvgIpc) is 2.76. The number of carbonyl (C=O) groups is 2. The summed E-state index contributed by atoms with van der Waals surface area (Å²) in [5.41, 5.74) is 0.611. The van der Waals surface area contributed by atoms with E-state index in [0.717, 1.165) is 25.7 Å². The van der Waals surface area contributed by atoms with Crippen molar-refractivity contribution in [1.29, 1.82) is 0 Å². The number of hydrogen-bond acceptors (Lipinski definition) is 3. The van der Waals surface area contributed by atoms with Crippen LogP contribution in [0.25, 0.3) is 0 Å².